The van der Waals surface area contributed by atoms with Gasteiger partial charge in [-0.3, -0.25) is 0 Å². The van der Waals surface area contributed by atoms with Crippen molar-refractivity contribution in [3.63, 3.8) is 0 Å². The molecule has 1 aromatic carbocycles. The molecule has 1 heterocycles. The molecule has 2 rings (SSSR count). The Morgan fingerprint density at radius 1 is 1.53 bits per heavy atom. The molecule has 0 aromatic heterocycles. The van der Waals surface area contributed by atoms with Gasteiger partial charge in [0, 0.05) is 13.1 Å². The number of rotatable bonds is 2. The number of halogens is 1. The molecule has 0 radical (unpaired) electrons. The summed E-state index contributed by atoms with van der Waals surface area (Å²) in [6.45, 7) is 2.61. The standard InChI is InChI=1S/C13H16ClN3/c14-12-4-1-5-13(11(12)8-16)17-6-2-3-10(7-15)9-17/h1,4-5,10H,2-3,6-7,9,15H2. The zero-order valence-electron chi connectivity index (χ0n) is 9.69. The maximum absolute atomic E-state index is 9.17. The third kappa shape index (κ3) is 2.54. The van der Waals surface area contributed by atoms with Gasteiger partial charge in [0.25, 0.3) is 0 Å². The summed E-state index contributed by atoms with van der Waals surface area (Å²) in [5.74, 6) is 0.522. The third-order valence-electron chi connectivity index (χ3n) is 3.30. The fraction of sp³-hybridized carbons (Fsp3) is 0.462. The van der Waals surface area contributed by atoms with Gasteiger partial charge in [-0.2, -0.15) is 5.26 Å². The molecule has 1 unspecified atom stereocenters. The second-order valence-electron chi connectivity index (χ2n) is 4.44. The van der Waals surface area contributed by atoms with E-state index in [1.807, 2.05) is 12.1 Å². The Morgan fingerprint density at radius 2 is 2.35 bits per heavy atom. The van der Waals surface area contributed by atoms with Crippen LogP contribution in [0.15, 0.2) is 18.2 Å². The second kappa shape index (κ2) is 5.39. The van der Waals surface area contributed by atoms with Crippen molar-refractivity contribution in [1.29, 1.82) is 5.26 Å². The van der Waals surface area contributed by atoms with Gasteiger partial charge in [-0.1, -0.05) is 17.7 Å². The van der Waals surface area contributed by atoms with E-state index < -0.39 is 0 Å². The highest BCUT2D eigenvalue weighted by molar-refractivity contribution is 6.32. The van der Waals surface area contributed by atoms with E-state index in [0.29, 0.717) is 23.0 Å². The maximum atomic E-state index is 9.17. The number of nitrogens with zero attached hydrogens (tertiary/aromatic N) is 2. The average molecular weight is 250 g/mol. The van der Waals surface area contributed by atoms with Crippen molar-refractivity contribution in [2.24, 2.45) is 11.7 Å². The first-order valence-electron chi connectivity index (χ1n) is 5.90. The molecular weight excluding hydrogens is 234 g/mol. The number of nitriles is 1. The van der Waals surface area contributed by atoms with E-state index in [-0.39, 0.29) is 0 Å². The number of nitrogens with two attached hydrogens (primary N) is 1. The van der Waals surface area contributed by atoms with Crippen molar-refractivity contribution in [1.82, 2.24) is 0 Å². The van der Waals surface area contributed by atoms with Crippen LogP contribution in [-0.2, 0) is 0 Å². The number of hydrogen-bond donors (Lipinski definition) is 1. The Balaban J connectivity index is 2.28. The molecule has 0 saturated carbocycles. The fourth-order valence-corrected chi connectivity index (χ4v) is 2.58. The lowest BCUT2D eigenvalue weighted by atomic mass is 9.97. The smallest absolute Gasteiger partial charge is 0.103 e. The molecule has 90 valence electrons. The number of piperidine rings is 1. The molecule has 1 aliphatic rings. The summed E-state index contributed by atoms with van der Waals surface area (Å²) >= 11 is 6.05. The van der Waals surface area contributed by atoms with Gasteiger partial charge in [-0.25, -0.2) is 0 Å². The lowest BCUT2D eigenvalue weighted by Gasteiger charge is -2.34. The molecule has 1 saturated heterocycles. The van der Waals surface area contributed by atoms with E-state index in [1.165, 1.54) is 6.42 Å². The van der Waals surface area contributed by atoms with Crippen LogP contribution in [0, 0.1) is 17.2 Å². The molecule has 1 aliphatic heterocycles. The minimum absolute atomic E-state index is 0.522. The summed E-state index contributed by atoms with van der Waals surface area (Å²) in [4.78, 5) is 2.23. The van der Waals surface area contributed by atoms with Gasteiger partial charge in [0.05, 0.1) is 16.3 Å². The lowest BCUT2D eigenvalue weighted by Crippen LogP contribution is -2.38. The van der Waals surface area contributed by atoms with E-state index in [0.717, 1.165) is 25.2 Å². The van der Waals surface area contributed by atoms with Crippen LogP contribution in [0.5, 0.6) is 0 Å². The monoisotopic (exact) mass is 249 g/mol. The van der Waals surface area contributed by atoms with Crippen molar-refractivity contribution >= 4 is 17.3 Å². The highest BCUT2D eigenvalue weighted by Crippen LogP contribution is 2.29. The predicted molar refractivity (Wildman–Crippen MR) is 70.2 cm³/mol. The van der Waals surface area contributed by atoms with Crippen molar-refractivity contribution in [3.8, 4) is 6.07 Å². The Bertz CT molecular complexity index is 439. The zero-order chi connectivity index (χ0) is 12.3. The molecule has 2 N–H and O–H groups in total. The fourth-order valence-electron chi connectivity index (χ4n) is 2.36. The van der Waals surface area contributed by atoms with Crippen molar-refractivity contribution in [2.75, 3.05) is 24.5 Å². The zero-order valence-corrected chi connectivity index (χ0v) is 10.5. The first-order valence-corrected chi connectivity index (χ1v) is 6.27. The van der Waals surface area contributed by atoms with E-state index >= 15 is 0 Å². The molecule has 0 bridgehead atoms. The largest absolute Gasteiger partial charge is 0.370 e. The quantitative estimate of drug-likeness (QED) is 0.876. The van der Waals surface area contributed by atoms with Crippen LogP contribution in [0.25, 0.3) is 0 Å². The molecule has 0 amide bonds. The molecule has 4 heteroatoms. The summed E-state index contributed by atoms with van der Waals surface area (Å²) in [7, 11) is 0. The van der Waals surface area contributed by atoms with Gasteiger partial charge in [0.1, 0.15) is 6.07 Å². The normalized spacial score (nSPS) is 20.1. The predicted octanol–water partition coefficient (Wildman–Crippen LogP) is 2.39. The van der Waals surface area contributed by atoms with Gasteiger partial charge >= 0.3 is 0 Å². The molecule has 1 fully saturated rings. The number of anilines is 1. The summed E-state index contributed by atoms with van der Waals surface area (Å²) < 4.78 is 0. The molecule has 17 heavy (non-hydrogen) atoms. The molecule has 1 atom stereocenters. The van der Waals surface area contributed by atoms with Gasteiger partial charge in [-0.15, -0.1) is 0 Å². The number of benzene rings is 1. The Morgan fingerprint density at radius 3 is 3.06 bits per heavy atom. The minimum atomic E-state index is 0.522. The molecule has 0 aliphatic carbocycles. The van der Waals surface area contributed by atoms with Crippen molar-refractivity contribution in [2.45, 2.75) is 12.8 Å². The van der Waals surface area contributed by atoms with Gasteiger partial charge in [0.2, 0.25) is 0 Å². The van der Waals surface area contributed by atoms with Crippen molar-refractivity contribution < 1.29 is 0 Å². The highest BCUT2D eigenvalue weighted by atomic mass is 35.5. The van der Waals surface area contributed by atoms with E-state index in [1.54, 1.807) is 6.07 Å². The number of hydrogen-bond acceptors (Lipinski definition) is 3. The van der Waals surface area contributed by atoms with Crippen LogP contribution in [-0.4, -0.2) is 19.6 Å². The van der Waals surface area contributed by atoms with Crippen LogP contribution in [0.2, 0.25) is 5.02 Å². The summed E-state index contributed by atoms with van der Waals surface area (Å²) in [6, 6.07) is 7.80. The molecule has 0 spiro atoms. The maximum Gasteiger partial charge on any atom is 0.103 e. The summed E-state index contributed by atoms with van der Waals surface area (Å²) in [5, 5.41) is 9.69. The topological polar surface area (TPSA) is 53.0 Å². The van der Waals surface area contributed by atoms with Gasteiger partial charge < -0.3 is 10.6 Å². The first-order chi connectivity index (χ1) is 8.26. The van der Waals surface area contributed by atoms with E-state index in [9.17, 15) is 0 Å². The summed E-state index contributed by atoms with van der Waals surface area (Å²) in [5.41, 5.74) is 7.24. The van der Waals surface area contributed by atoms with Crippen molar-refractivity contribution in [3.05, 3.63) is 28.8 Å². The van der Waals surface area contributed by atoms with Crippen LogP contribution in [0.4, 0.5) is 5.69 Å². The van der Waals surface area contributed by atoms with Crippen LogP contribution in [0.1, 0.15) is 18.4 Å². The van der Waals surface area contributed by atoms with E-state index in [2.05, 4.69) is 11.0 Å². The minimum Gasteiger partial charge on any atom is -0.370 e. The lowest BCUT2D eigenvalue weighted by molar-refractivity contribution is 0.423. The molecule has 1 aromatic rings. The molecular formula is C13H16ClN3. The second-order valence-corrected chi connectivity index (χ2v) is 4.84. The van der Waals surface area contributed by atoms with E-state index in [4.69, 9.17) is 22.6 Å². The Kier molecular flexibility index (Phi) is 3.88. The van der Waals surface area contributed by atoms with Crippen LogP contribution in [0.3, 0.4) is 0 Å². The van der Waals surface area contributed by atoms with Gasteiger partial charge in [-0.05, 0) is 37.4 Å². The highest BCUT2D eigenvalue weighted by Gasteiger charge is 2.21. The molecule has 3 nitrogen and oxygen atoms in total. The Labute approximate surface area is 107 Å². The van der Waals surface area contributed by atoms with Gasteiger partial charge in [0.15, 0.2) is 0 Å². The van der Waals surface area contributed by atoms with Crippen LogP contribution >= 0.6 is 11.6 Å². The third-order valence-corrected chi connectivity index (χ3v) is 3.61. The first kappa shape index (κ1) is 12.2. The SMILES string of the molecule is N#Cc1c(Cl)cccc1N1CCCC(CN)C1. The average Bonchev–Trinajstić information content (AvgIpc) is 2.38. The van der Waals surface area contributed by atoms with Crippen LogP contribution < -0.4 is 10.6 Å². The summed E-state index contributed by atoms with van der Waals surface area (Å²) in [6.07, 6.45) is 2.30. The Hall–Kier alpha value is -1.24.